The molecule has 1 saturated heterocycles. The van der Waals surface area contributed by atoms with Gasteiger partial charge in [-0.15, -0.1) is 11.3 Å². The number of hydrogen-bond acceptors (Lipinski definition) is 10. The third-order valence-corrected chi connectivity index (χ3v) is 7.05. The fraction of sp³-hybridized carbons (Fsp3) is 0.250. The van der Waals surface area contributed by atoms with Crippen LogP contribution < -0.4 is 5.73 Å². The summed E-state index contributed by atoms with van der Waals surface area (Å²) in [6.45, 7) is 7.21. The number of ketones is 1. The van der Waals surface area contributed by atoms with E-state index < -0.39 is 35.1 Å². The van der Waals surface area contributed by atoms with Crippen LogP contribution in [0.2, 0.25) is 0 Å². The summed E-state index contributed by atoms with van der Waals surface area (Å²) in [6, 6.07) is 18.4. The summed E-state index contributed by atoms with van der Waals surface area (Å²) in [5.41, 5.74) is 6.52. The number of nitrogens with zero attached hydrogens (tertiary/aromatic N) is 3. The molecule has 11 heteroatoms. The molecule has 1 aliphatic heterocycles. The van der Waals surface area contributed by atoms with Crippen molar-refractivity contribution in [3.05, 3.63) is 95.2 Å². The molecule has 0 unspecified atom stereocenters. The topological polar surface area (TPSA) is 133 Å². The Morgan fingerprint density at radius 1 is 1.13 bits per heavy atom. The summed E-state index contributed by atoms with van der Waals surface area (Å²) in [6.07, 6.45) is -0.897. The first-order valence-electron chi connectivity index (χ1n) is 12.0. The van der Waals surface area contributed by atoms with Crippen LogP contribution in [0.1, 0.15) is 43.2 Å². The molecule has 3 aromatic rings. The van der Waals surface area contributed by atoms with Crippen molar-refractivity contribution in [2.45, 2.75) is 31.9 Å². The predicted octanol–water partition coefficient (Wildman–Crippen LogP) is 4.05. The highest BCUT2D eigenvalue weighted by molar-refractivity contribution is 7.13. The first-order chi connectivity index (χ1) is 18.6. The summed E-state index contributed by atoms with van der Waals surface area (Å²) in [4.78, 5) is 53.2. The SMILES string of the molecule is C=C(O/N=C(\C(=O)C[C@@H]1C(=O)N(OC)C1(C)C)c1csc(N)n1)C(=O)OC(c1ccccc1)c1ccccc1. The zero-order valence-electron chi connectivity index (χ0n) is 21.7. The van der Waals surface area contributed by atoms with E-state index in [1.54, 1.807) is 13.8 Å². The molecule has 0 spiro atoms. The Labute approximate surface area is 229 Å². The van der Waals surface area contributed by atoms with Crippen LogP contribution in [0.4, 0.5) is 5.13 Å². The molecule has 39 heavy (non-hydrogen) atoms. The van der Waals surface area contributed by atoms with E-state index in [9.17, 15) is 14.4 Å². The Kier molecular flexibility index (Phi) is 8.22. The lowest BCUT2D eigenvalue weighted by molar-refractivity contribution is -0.255. The van der Waals surface area contributed by atoms with E-state index in [2.05, 4.69) is 16.7 Å². The number of oxime groups is 1. The zero-order valence-corrected chi connectivity index (χ0v) is 22.5. The van der Waals surface area contributed by atoms with Crippen molar-refractivity contribution in [1.29, 1.82) is 0 Å². The van der Waals surface area contributed by atoms with Crippen LogP contribution in [-0.2, 0) is 28.8 Å². The molecule has 2 aromatic carbocycles. The molecule has 1 fully saturated rings. The van der Waals surface area contributed by atoms with Crippen LogP contribution >= 0.6 is 11.3 Å². The minimum Gasteiger partial charge on any atom is -0.447 e. The van der Waals surface area contributed by atoms with Gasteiger partial charge in [-0.25, -0.2) is 14.8 Å². The summed E-state index contributed by atoms with van der Waals surface area (Å²) in [5, 5.41) is 6.86. The maximum Gasteiger partial charge on any atom is 0.377 e. The number of hydrogen-bond donors (Lipinski definition) is 1. The highest BCUT2D eigenvalue weighted by atomic mass is 32.1. The number of thiazole rings is 1. The number of carbonyl (C=O) groups is 3. The predicted molar refractivity (Wildman–Crippen MR) is 145 cm³/mol. The largest absolute Gasteiger partial charge is 0.447 e. The van der Waals surface area contributed by atoms with E-state index in [0.717, 1.165) is 22.5 Å². The molecule has 1 amide bonds. The van der Waals surface area contributed by atoms with Crippen molar-refractivity contribution >= 4 is 39.8 Å². The van der Waals surface area contributed by atoms with Crippen molar-refractivity contribution in [2.24, 2.45) is 11.1 Å². The van der Waals surface area contributed by atoms with Gasteiger partial charge in [0.25, 0.3) is 5.91 Å². The number of benzene rings is 2. The molecule has 0 aliphatic carbocycles. The molecule has 1 aliphatic rings. The average molecular weight is 549 g/mol. The highest BCUT2D eigenvalue weighted by Gasteiger charge is 2.55. The Balaban J connectivity index is 1.52. The standard InChI is InChI=1S/C28H28N4O6S/c1-17(26(35)37-24(18-11-7-5-8-12-18)19-13-9-6-10-14-19)38-31-23(21-16-39-27(29)30-21)22(33)15-20-25(34)32(36-4)28(20,2)3/h5-14,16,20,24H,1,15H2,2-4H3,(H2,29,30)/b31-23-/t20-/m1/s1. The number of nitrogen functional groups attached to an aromatic ring is 1. The Morgan fingerprint density at radius 3 is 2.21 bits per heavy atom. The highest BCUT2D eigenvalue weighted by Crippen LogP contribution is 2.39. The summed E-state index contributed by atoms with van der Waals surface area (Å²) in [5.74, 6) is -2.79. The van der Waals surface area contributed by atoms with E-state index in [1.807, 2.05) is 60.7 Å². The Hall–Kier alpha value is -4.35. The third kappa shape index (κ3) is 5.89. The number of aromatic nitrogens is 1. The van der Waals surface area contributed by atoms with Crippen molar-refractivity contribution in [3.8, 4) is 0 Å². The van der Waals surface area contributed by atoms with Gasteiger partial charge in [0, 0.05) is 11.8 Å². The minimum absolute atomic E-state index is 0.156. The molecule has 0 bridgehead atoms. The number of nitrogens with two attached hydrogens (primary N) is 1. The maximum absolute atomic E-state index is 13.3. The quantitative estimate of drug-likeness (QED) is 0.0948. The molecular weight excluding hydrogens is 520 g/mol. The van der Waals surface area contributed by atoms with Crippen molar-refractivity contribution in [1.82, 2.24) is 10.0 Å². The van der Waals surface area contributed by atoms with Gasteiger partial charge in [0.1, 0.15) is 5.69 Å². The fourth-order valence-corrected chi connectivity index (χ4v) is 4.83. The van der Waals surface area contributed by atoms with Gasteiger partial charge in [-0.1, -0.05) is 65.8 Å². The van der Waals surface area contributed by atoms with Crippen LogP contribution in [-0.4, -0.2) is 46.1 Å². The fourth-order valence-electron chi connectivity index (χ4n) is 4.28. The second kappa shape index (κ2) is 11.6. The van der Waals surface area contributed by atoms with E-state index in [4.69, 9.17) is 20.1 Å². The molecule has 2 N–H and O–H groups in total. The molecule has 1 atom stereocenters. The summed E-state index contributed by atoms with van der Waals surface area (Å²) >= 11 is 1.11. The Bertz CT molecular complexity index is 1360. The van der Waals surface area contributed by atoms with Gasteiger partial charge in [0.2, 0.25) is 5.76 Å². The van der Waals surface area contributed by atoms with E-state index >= 15 is 0 Å². The molecule has 0 radical (unpaired) electrons. The van der Waals surface area contributed by atoms with Crippen LogP contribution in [0.3, 0.4) is 0 Å². The van der Waals surface area contributed by atoms with Crippen LogP contribution in [0.5, 0.6) is 0 Å². The number of amides is 1. The maximum atomic E-state index is 13.3. The number of Topliss-reactive ketones (excluding diaryl/α,β-unsaturated/α-hetero) is 1. The van der Waals surface area contributed by atoms with Crippen molar-refractivity contribution in [3.63, 3.8) is 0 Å². The number of esters is 1. The molecular formula is C28H28N4O6S. The number of β-lactam (4-membered cyclic amide) rings is 1. The van der Waals surface area contributed by atoms with Gasteiger partial charge in [0.05, 0.1) is 18.6 Å². The zero-order chi connectivity index (χ0) is 28.2. The lowest BCUT2D eigenvalue weighted by Crippen LogP contribution is -2.67. The lowest BCUT2D eigenvalue weighted by atomic mass is 9.74. The third-order valence-electron chi connectivity index (χ3n) is 6.38. The molecule has 4 rings (SSSR count). The first kappa shape index (κ1) is 27.7. The second-order valence-electron chi connectivity index (χ2n) is 9.28. The normalized spacial score (nSPS) is 16.5. The summed E-state index contributed by atoms with van der Waals surface area (Å²) in [7, 11) is 1.39. The van der Waals surface area contributed by atoms with Crippen LogP contribution in [0.15, 0.2) is 83.5 Å². The van der Waals surface area contributed by atoms with Gasteiger partial charge in [0.15, 0.2) is 22.7 Å². The summed E-state index contributed by atoms with van der Waals surface area (Å²) < 4.78 is 5.73. The minimum atomic E-state index is -0.868. The monoisotopic (exact) mass is 548 g/mol. The van der Waals surface area contributed by atoms with Crippen molar-refractivity contribution in [2.75, 3.05) is 12.8 Å². The molecule has 1 aromatic heterocycles. The van der Waals surface area contributed by atoms with Gasteiger partial charge in [-0.05, 0) is 31.6 Å². The van der Waals surface area contributed by atoms with E-state index in [1.165, 1.54) is 17.6 Å². The Morgan fingerprint density at radius 2 is 1.72 bits per heavy atom. The van der Waals surface area contributed by atoms with Crippen LogP contribution in [0, 0.1) is 5.92 Å². The number of hydroxylamine groups is 2. The van der Waals surface area contributed by atoms with E-state index in [0.29, 0.717) is 0 Å². The molecule has 2 heterocycles. The van der Waals surface area contributed by atoms with Gasteiger partial charge in [-0.2, -0.15) is 0 Å². The van der Waals surface area contributed by atoms with Crippen molar-refractivity contribution < 1.29 is 28.8 Å². The number of ether oxygens (including phenoxy) is 1. The van der Waals surface area contributed by atoms with Gasteiger partial charge < -0.3 is 15.3 Å². The average Bonchev–Trinajstić information content (AvgIpc) is 3.36. The lowest BCUT2D eigenvalue weighted by Gasteiger charge is -2.51. The molecule has 202 valence electrons. The van der Waals surface area contributed by atoms with Gasteiger partial charge in [-0.3, -0.25) is 14.4 Å². The van der Waals surface area contributed by atoms with E-state index in [-0.39, 0.29) is 28.9 Å². The number of carbonyl (C=O) groups excluding carboxylic acids is 3. The smallest absolute Gasteiger partial charge is 0.377 e. The first-order valence-corrected chi connectivity index (χ1v) is 12.9. The second-order valence-corrected chi connectivity index (χ2v) is 10.2. The number of anilines is 1. The van der Waals surface area contributed by atoms with Gasteiger partial charge >= 0.3 is 5.97 Å². The molecule has 0 saturated carbocycles. The van der Waals surface area contributed by atoms with Crippen LogP contribution in [0.25, 0.3) is 0 Å². The molecule has 10 nitrogen and oxygen atoms in total. The number of rotatable bonds is 11.